The molecule has 0 spiro atoms. The maximum Gasteiger partial charge on any atom is 0.228 e. The van der Waals surface area contributed by atoms with Crippen LogP contribution in [0.3, 0.4) is 0 Å². The highest BCUT2D eigenvalue weighted by molar-refractivity contribution is 6.00. The first-order valence-corrected chi connectivity index (χ1v) is 9.07. The number of piperazine rings is 1. The smallest absolute Gasteiger partial charge is 0.228 e. The average molecular weight is 359 g/mol. The number of nitrogens with zero attached hydrogens (tertiary/aromatic N) is 3. The molecular weight excluding hydrogens is 334 g/mol. The van der Waals surface area contributed by atoms with Crippen LogP contribution < -0.4 is 9.64 Å². The fourth-order valence-corrected chi connectivity index (χ4v) is 3.51. The summed E-state index contributed by atoms with van der Waals surface area (Å²) in [6.45, 7) is 6.65. The van der Waals surface area contributed by atoms with Crippen molar-refractivity contribution < 1.29 is 19.1 Å². The predicted octanol–water partition coefficient (Wildman–Crippen LogP) is 1.13. The zero-order valence-corrected chi connectivity index (χ0v) is 15.3. The van der Waals surface area contributed by atoms with Crippen molar-refractivity contribution >= 4 is 23.4 Å². The van der Waals surface area contributed by atoms with Crippen LogP contribution in [-0.2, 0) is 14.4 Å². The molecule has 1 unspecified atom stereocenters. The number of carbonyl (C=O) groups is 3. The Morgan fingerprint density at radius 1 is 1.08 bits per heavy atom. The van der Waals surface area contributed by atoms with E-state index in [1.54, 1.807) is 21.6 Å². The summed E-state index contributed by atoms with van der Waals surface area (Å²) >= 11 is 0. The molecule has 140 valence electrons. The maximum atomic E-state index is 12.8. The molecule has 7 heteroatoms. The molecule has 2 aliphatic heterocycles. The zero-order valence-electron chi connectivity index (χ0n) is 15.3. The van der Waals surface area contributed by atoms with Crippen molar-refractivity contribution in [3.8, 4) is 5.75 Å². The lowest BCUT2D eigenvalue weighted by atomic mass is 10.1. The summed E-state index contributed by atoms with van der Waals surface area (Å²) in [4.78, 5) is 41.8. The second-order valence-corrected chi connectivity index (χ2v) is 6.66. The van der Waals surface area contributed by atoms with Crippen molar-refractivity contribution in [3.05, 3.63) is 24.3 Å². The van der Waals surface area contributed by atoms with Crippen molar-refractivity contribution in [2.24, 2.45) is 5.92 Å². The molecule has 0 bridgehead atoms. The van der Waals surface area contributed by atoms with Crippen LogP contribution in [0.5, 0.6) is 5.75 Å². The summed E-state index contributed by atoms with van der Waals surface area (Å²) in [5, 5.41) is 0. The largest absolute Gasteiger partial charge is 0.494 e. The molecule has 3 amide bonds. The van der Waals surface area contributed by atoms with Gasteiger partial charge in [0.25, 0.3) is 0 Å². The molecule has 0 aromatic heterocycles. The van der Waals surface area contributed by atoms with Gasteiger partial charge in [-0.2, -0.15) is 0 Å². The van der Waals surface area contributed by atoms with E-state index in [0.717, 1.165) is 11.4 Å². The fraction of sp³-hybridized carbons (Fsp3) is 0.526. The molecule has 7 nitrogen and oxygen atoms in total. The van der Waals surface area contributed by atoms with Gasteiger partial charge in [-0.25, -0.2) is 0 Å². The minimum atomic E-state index is -0.321. The van der Waals surface area contributed by atoms with Crippen LogP contribution in [0.1, 0.15) is 20.3 Å². The number of benzene rings is 1. The van der Waals surface area contributed by atoms with E-state index < -0.39 is 0 Å². The number of hydrogen-bond acceptors (Lipinski definition) is 4. The van der Waals surface area contributed by atoms with Gasteiger partial charge in [-0.1, -0.05) is 0 Å². The van der Waals surface area contributed by atoms with Crippen LogP contribution in [0.15, 0.2) is 24.3 Å². The van der Waals surface area contributed by atoms with Crippen LogP contribution in [0, 0.1) is 5.92 Å². The van der Waals surface area contributed by atoms with Crippen molar-refractivity contribution in [2.45, 2.75) is 20.3 Å². The first kappa shape index (κ1) is 18.2. The molecule has 1 aromatic carbocycles. The molecule has 1 aromatic rings. The van der Waals surface area contributed by atoms with Gasteiger partial charge in [0.2, 0.25) is 17.7 Å². The molecule has 2 heterocycles. The Morgan fingerprint density at radius 3 is 2.27 bits per heavy atom. The maximum absolute atomic E-state index is 12.8. The highest BCUT2D eigenvalue weighted by Crippen LogP contribution is 2.28. The molecule has 2 fully saturated rings. The molecule has 0 aliphatic carbocycles. The zero-order chi connectivity index (χ0) is 18.7. The Morgan fingerprint density at radius 2 is 1.69 bits per heavy atom. The Labute approximate surface area is 153 Å². The highest BCUT2D eigenvalue weighted by Gasteiger charge is 2.38. The third kappa shape index (κ3) is 3.81. The van der Waals surface area contributed by atoms with E-state index in [1.807, 2.05) is 31.2 Å². The monoisotopic (exact) mass is 359 g/mol. The van der Waals surface area contributed by atoms with E-state index in [4.69, 9.17) is 4.74 Å². The first-order valence-electron chi connectivity index (χ1n) is 9.07. The molecule has 2 aliphatic rings. The van der Waals surface area contributed by atoms with Crippen molar-refractivity contribution in [1.29, 1.82) is 0 Å². The lowest BCUT2D eigenvalue weighted by Gasteiger charge is -2.35. The van der Waals surface area contributed by atoms with Crippen molar-refractivity contribution in [2.75, 3.05) is 44.2 Å². The Hall–Kier alpha value is -2.57. The minimum absolute atomic E-state index is 0.00925. The van der Waals surface area contributed by atoms with Gasteiger partial charge in [0.15, 0.2) is 0 Å². The Bertz CT molecular complexity index is 681. The lowest BCUT2D eigenvalue weighted by Crippen LogP contribution is -2.51. The standard InChI is InChI=1S/C19H25N3O4/c1-3-26-17-6-4-16(5-7-17)22-13-15(12-18(22)24)19(25)21-10-8-20(9-11-21)14(2)23/h4-7,15H,3,8-13H2,1-2H3. The molecule has 0 saturated carbocycles. The summed E-state index contributed by atoms with van der Waals surface area (Å²) in [6, 6.07) is 7.37. The van der Waals surface area contributed by atoms with Gasteiger partial charge < -0.3 is 19.4 Å². The molecule has 2 saturated heterocycles. The summed E-state index contributed by atoms with van der Waals surface area (Å²) in [6.07, 6.45) is 0.235. The van der Waals surface area contributed by atoms with Crippen LogP contribution in [-0.4, -0.2) is 66.9 Å². The van der Waals surface area contributed by atoms with Gasteiger partial charge >= 0.3 is 0 Å². The summed E-state index contributed by atoms with van der Waals surface area (Å²) in [5.41, 5.74) is 0.787. The quantitative estimate of drug-likeness (QED) is 0.808. The molecule has 0 N–H and O–H groups in total. The summed E-state index contributed by atoms with van der Waals surface area (Å²) < 4.78 is 5.42. The molecule has 1 atom stereocenters. The Kier molecular flexibility index (Phi) is 5.44. The molecule has 0 radical (unpaired) electrons. The van der Waals surface area contributed by atoms with E-state index in [2.05, 4.69) is 0 Å². The number of anilines is 1. The van der Waals surface area contributed by atoms with E-state index in [-0.39, 0.29) is 30.1 Å². The summed E-state index contributed by atoms with van der Waals surface area (Å²) in [5.74, 6) is 0.455. The third-order valence-corrected chi connectivity index (χ3v) is 4.97. The topological polar surface area (TPSA) is 70.2 Å². The fourth-order valence-electron chi connectivity index (χ4n) is 3.51. The van der Waals surface area contributed by atoms with Gasteiger partial charge in [0.05, 0.1) is 12.5 Å². The van der Waals surface area contributed by atoms with Crippen LogP contribution in [0.25, 0.3) is 0 Å². The van der Waals surface area contributed by atoms with Gasteiger partial charge in [-0.05, 0) is 31.2 Å². The number of amides is 3. The van der Waals surface area contributed by atoms with Crippen LogP contribution >= 0.6 is 0 Å². The predicted molar refractivity (Wildman–Crippen MR) is 96.9 cm³/mol. The van der Waals surface area contributed by atoms with E-state index in [1.165, 1.54) is 0 Å². The number of hydrogen-bond donors (Lipinski definition) is 0. The summed E-state index contributed by atoms with van der Waals surface area (Å²) in [7, 11) is 0. The van der Waals surface area contributed by atoms with Crippen LogP contribution in [0.4, 0.5) is 5.69 Å². The number of ether oxygens (including phenoxy) is 1. The highest BCUT2D eigenvalue weighted by atomic mass is 16.5. The van der Waals surface area contributed by atoms with Gasteiger partial charge in [0.1, 0.15) is 5.75 Å². The van der Waals surface area contributed by atoms with E-state index in [0.29, 0.717) is 39.3 Å². The average Bonchev–Trinajstić information content (AvgIpc) is 3.04. The van der Waals surface area contributed by atoms with Gasteiger partial charge in [-0.3, -0.25) is 14.4 Å². The molecular formula is C19H25N3O4. The van der Waals surface area contributed by atoms with Crippen molar-refractivity contribution in [1.82, 2.24) is 9.80 Å². The van der Waals surface area contributed by atoms with Crippen molar-refractivity contribution in [3.63, 3.8) is 0 Å². The minimum Gasteiger partial charge on any atom is -0.494 e. The number of carbonyl (C=O) groups excluding carboxylic acids is 3. The Balaban J connectivity index is 1.60. The SMILES string of the molecule is CCOc1ccc(N2CC(C(=O)N3CCN(C(C)=O)CC3)CC2=O)cc1. The lowest BCUT2D eigenvalue weighted by molar-refractivity contribution is -0.141. The second-order valence-electron chi connectivity index (χ2n) is 6.66. The second kappa shape index (κ2) is 7.76. The van der Waals surface area contributed by atoms with E-state index >= 15 is 0 Å². The van der Waals surface area contributed by atoms with Gasteiger partial charge in [-0.15, -0.1) is 0 Å². The van der Waals surface area contributed by atoms with E-state index in [9.17, 15) is 14.4 Å². The molecule has 26 heavy (non-hydrogen) atoms. The molecule has 3 rings (SSSR count). The third-order valence-electron chi connectivity index (χ3n) is 4.97. The number of rotatable bonds is 4. The first-order chi connectivity index (χ1) is 12.5. The normalized spacial score (nSPS) is 20.5. The van der Waals surface area contributed by atoms with Gasteiger partial charge in [0, 0.05) is 51.8 Å². The van der Waals surface area contributed by atoms with Crippen LogP contribution in [0.2, 0.25) is 0 Å².